The van der Waals surface area contributed by atoms with Crippen molar-refractivity contribution in [2.75, 3.05) is 0 Å². The molecule has 1 N–H and O–H groups in total. The van der Waals surface area contributed by atoms with Crippen molar-refractivity contribution < 1.29 is 8.42 Å². The van der Waals surface area contributed by atoms with Crippen LogP contribution in [0.25, 0.3) is 5.69 Å². The lowest BCUT2D eigenvalue weighted by atomic mass is 10.2. The Labute approximate surface area is 150 Å². The van der Waals surface area contributed by atoms with Crippen molar-refractivity contribution in [2.45, 2.75) is 24.6 Å². The molecule has 0 saturated heterocycles. The highest BCUT2D eigenvalue weighted by Crippen LogP contribution is 2.26. The van der Waals surface area contributed by atoms with E-state index in [4.69, 9.17) is 11.6 Å². The monoisotopic (exact) mass is 381 g/mol. The third kappa shape index (κ3) is 3.39. The Bertz CT molecular complexity index is 963. The number of hydrogen-bond acceptors (Lipinski definition) is 4. The summed E-state index contributed by atoms with van der Waals surface area (Å²) in [6.07, 6.45) is 0. The summed E-state index contributed by atoms with van der Waals surface area (Å²) in [5.41, 5.74) is 3.51. The van der Waals surface area contributed by atoms with Gasteiger partial charge in [0.1, 0.15) is 4.21 Å². The van der Waals surface area contributed by atoms with Gasteiger partial charge in [-0.3, -0.25) is 0 Å². The molecular weight excluding hydrogens is 366 g/mol. The summed E-state index contributed by atoms with van der Waals surface area (Å²) in [7, 11) is -3.58. The van der Waals surface area contributed by atoms with Crippen LogP contribution >= 0.6 is 22.9 Å². The van der Waals surface area contributed by atoms with E-state index in [1.165, 1.54) is 6.07 Å². The first-order chi connectivity index (χ1) is 11.4. The first-order valence-corrected chi connectivity index (χ1v) is 9.92. The largest absolute Gasteiger partial charge is 0.250 e. The molecule has 0 unspecified atom stereocenters. The van der Waals surface area contributed by atoms with E-state index < -0.39 is 10.0 Å². The highest BCUT2D eigenvalue weighted by molar-refractivity contribution is 7.91. The number of para-hydroxylation sites is 1. The van der Waals surface area contributed by atoms with Gasteiger partial charge in [0.25, 0.3) is 0 Å². The minimum atomic E-state index is -3.58. The smallest absolute Gasteiger partial charge is 0.238 e. The summed E-state index contributed by atoms with van der Waals surface area (Å²) < 4.78 is 29.8. The molecular formula is C16H16ClN3O2S2. The SMILES string of the molecule is Cc1nn(-c2ccccc2)c(C)c1CNS(=O)(=O)c1ccc(Cl)s1. The molecule has 2 aromatic heterocycles. The number of thiophene rings is 1. The van der Waals surface area contributed by atoms with Gasteiger partial charge in [0.2, 0.25) is 10.0 Å². The fourth-order valence-corrected chi connectivity index (χ4v) is 4.95. The van der Waals surface area contributed by atoms with Gasteiger partial charge in [-0.1, -0.05) is 29.8 Å². The fraction of sp³-hybridized carbons (Fsp3) is 0.188. The van der Waals surface area contributed by atoms with Crippen molar-refractivity contribution in [2.24, 2.45) is 0 Å². The Kier molecular flexibility index (Phi) is 4.78. The van der Waals surface area contributed by atoms with E-state index in [0.29, 0.717) is 4.34 Å². The van der Waals surface area contributed by atoms with Crippen LogP contribution < -0.4 is 4.72 Å². The van der Waals surface area contributed by atoms with Crippen LogP contribution in [0.3, 0.4) is 0 Å². The Balaban J connectivity index is 1.85. The number of nitrogens with zero attached hydrogens (tertiary/aromatic N) is 2. The summed E-state index contributed by atoms with van der Waals surface area (Å²) in [6.45, 7) is 3.99. The number of nitrogens with one attached hydrogen (secondary N) is 1. The van der Waals surface area contributed by atoms with Crippen LogP contribution in [0.2, 0.25) is 4.34 Å². The van der Waals surface area contributed by atoms with E-state index in [-0.39, 0.29) is 10.8 Å². The molecule has 126 valence electrons. The van der Waals surface area contributed by atoms with Crippen molar-refractivity contribution >= 4 is 33.0 Å². The number of hydrogen-bond donors (Lipinski definition) is 1. The average molecular weight is 382 g/mol. The zero-order valence-electron chi connectivity index (χ0n) is 13.2. The molecule has 24 heavy (non-hydrogen) atoms. The summed E-state index contributed by atoms with van der Waals surface area (Å²) in [4.78, 5) is 0. The predicted octanol–water partition coefficient (Wildman–Crippen LogP) is 3.68. The number of sulfonamides is 1. The second kappa shape index (κ2) is 6.68. The van der Waals surface area contributed by atoms with E-state index in [9.17, 15) is 8.42 Å². The predicted molar refractivity (Wildman–Crippen MR) is 96.4 cm³/mol. The molecule has 2 heterocycles. The van der Waals surface area contributed by atoms with Crippen molar-refractivity contribution in [3.63, 3.8) is 0 Å². The average Bonchev–Trinajstić information content (AvgIpc) is 3.11. The molecule has 0 aliphatic rings. The lowest BCUT2D eigenvalue weighted by Crippen LogP contribution is -2.23. The van der Waals surface area contributed by atoms with E-state index in [1.54, 1.807) is 6.07 Å². The van der Waals surface area contributed by atoms with Crippen LogP contribution in [0, 0.1) is 13.8 Å². The molecule has 5 nitrogen and oxygen atoms in total. The second-order valence-corrected chi connectivity index (χ2v) is 8.99. The van der Waals surface area contributed by atoms with Crippen LogP contribution in [-0.4, -0.2) is 18.2 Å². The van der Waals surface area contributed by atoms with Gasteiger partial charge >= 0.3 is 0 Å². The van der Waals surface area contributed by atoms with Crippen molar-refractivity contribution in [3.8, 4) is 5.69 Å². The molecule has 0 spiro atoms. The van der Waals surface area contributed by atoms with Crippen molar-refractivity contribution in [1.29, 1.82) is 0 Å². The highest BCUT2D eigenvalue weighted by Gasteiger charge is 2.19. The number of rotatable bonds is 5. The quantitative estimate of drug-likeness (QED) is 0.733. The van der Waals surface area contributed by atoms with E-state index in [1.807, 2.05) is 48.9 Å². The number of aromatic nitrogens is 2. The lowest BCUT2D eigenvalue weighted by molar-refractivity contribution is 0.583. The zero-order valence-corrected chi connectivity index (χ0v) is 15.5. The zero-order chi connectivity index (χ0) is 17.3. The molecule has 0 aliphatic carbocycles. The molecule has 0 radical (unpaired) electrons. The summed E-state index contributed by atoms with van der Waals surface area (Å²) in [5, 5.41) is 4.52. The second-order valence-electron chi connectivity index (χ2n) is 5.28. The number of aryl methyl sites for hydroxylation is 1. The fourth-order valence-electron chi connectivity index (χ4n) is 2.43. The molecule has 0 aliphatic heterocycles. The van der Waals surface area contributed by atoms with Crippen LogP contribution in [-0.2, 0) is 16.6 Å². The molecule has 0 fully saturated rings. The maximum atomic E-state index is 12.3. The summed E-state index contributed by atoms with van der Waals surface area (Å²) in [6, 6.07) is 12.8. The van der Waals surface area contributed by atoms with Gasteiger partial charge in [-0.05, 0) is 38.1 Å². The van der Waals surface area contributed by atoms with E-state index >= 15 is 0 Å². The minimum Gasteiger partial charge on any atom is -0.238 e. The Morgan fingerprint density at radius 2 is 1.88 bits per heavy atom. The Hall–Kier alpha value is -1.67. The standard InChI is InChI=1S/C16H16ClN3O2S2/c1-11-14(10-18-24(21,22)16-9-8-15(17)23-16)12(2)20(19-11)13-6-4-3-5-7-13/h3-9,18H,10H2,1-2H3. The molecule has 3 aromatic rings. The molecule has 8 heteroatoms. The van der Waals surface area contributed by atoms with Gasteiger partial charge in [0.15, 0.2) is 0 Å². The molecule has 0 atom stereocenters. The topological polar surface area (TPSA) is 64.0 Å². The summed E-state index contributed by atoms with van der Waals surface area (Å²) in [5.74, 6) is 0. The van der Waals surface area contributed by atoms with Crippen LogP contribution in [0.5, 0.6) is 0 Å². The maximum absolute atomic E-state index is 12.3. The van der Waals surface area contributed by atoms with Crippen LogP contribution in [0.4, 0.5) is 0 Å². The molecule has 0 amide bonds. The Morgan fingerprint density at radius 3 is 2.50 bits per heavy atom. The van der Waals surface area contributed by atoms with Crippen LogP contribution in [0.15, 0.2) is 46.7 Å². The van der Waals surface area contributed by atoms with Gasteiger partial charge in [0, 0.05) is 17.8 Å². The first kappa shape index (κ1) is 17.2. The van der Waals surface area contributed by atoms with E-state index in [0.717, 1.165) is 34.0 Å². The van der Waals surface area contributed by atoms with Crippen molar-refractivity contribution in [3.05, 3.63) is 63.8 Å². The third-order valence-electron chi connectivity index (χ3n) is 3.69. The van der Waals surface area contributed by atoms with Crippen LogP contribution in [0.1, 0.15) is 17.0 Å². The number of benzene rings is 1. The highest BCUT2D eigenvalue weighted by atomic mass is 35.5. The minimum absolute atomic E-state index is 0.183. The van der Waals surface area contributed by atoms with Gasteiger partial charge < -0.3 is 0 Å². The molecule has 1 aromatic carbocycles. The van der Waals surface area contributed by atoms with Gasteiger partial charge in [0.05, 0.1) is 15.7 Å². The van der Waals surface area contributed by atoms with Gasteiger partial charge in [-0.15, -0.1) is 11.3 Å². The van der Waals surface area contributed by atoms with Gasteiger partial charge in [-0.25, -0.2) is 17.8 Å². The maximum Gasteiger partial charge on any atom is 0.250 e. The molecule has 3 rings (SSSR count). The Morgan fingerprint density at radius 1 is 1.17 bits per heavy atom. The summed E-state index contributed by atoms with van der Waals surface area (Å²) >= 11 is 6.85. The third-order valence-corrected chi connectivity index (χ3v) is 6.82. The van der Waals surface area contributed by atoms with Crippen molar-refractivity contribution in [1.82, 2.24) is 14.5 Å². The van der Waals surface area contributed by atoms with E-state index in [2.05, 4.69) is 9.82 Å². The molecule has 0 saturated carbocycles. The normalized spacial score (nSPS) is 11.8. The number of halogens is 1. The first-order valence-electron chi connectivity index (χ1n) is 7.24. The van der Waals surface area contributed by atoms with Gasteiger partial charge in [-0.2, -0.15) is 5.10 Å². The molecule has 0 bridgehead atoms. The lowest BCUT2D eigenvalue weighted by Gasteiger charge is -2.07.